The lowest BCUT2D eigenvalue weighted by molar-refractivity contribution is -0.123. The summed E-state index contributed by atoms with van der Waals surface area (Å²) in [6, 6.07) is 0.393. The molecule has 0 aliphatic carbocycles. The van der Waals surface area contributed by atoms with E-state index in [2.05, 4.69) is 24.1 Å². The molecule has 1 amide bonds. The van der Waals surface area contributed by atoms with Gasteiger partial charge in [0.05, 0.1) is 6.04 Å². The molecule has 16 heavy (non-hydrogen) atoms. The molecule has 1 heterocycles. The van der Waals surface area contributed by atoms with Crippen LogP contribution in [0.25, 0.3) is 0 Å². The van der Waals surface area contributed by atoms with E-state index in [0.717, 1.165) is 26.1 Å². The predicted molar refractivity (Wildman–Crippen MR) is 66.1 cm³/mol. The monoisotopic (exact) mass is 227 g/mol. The van der Waals surface area contributed by atoms with Gasteiger partial charge < -0.3 is 11.1 Å². The summed E-state index contributed by atoms with van der Waals surface area (Å²) in [4.78, 5) is 13.4. The first kappa shape index (κ1) is 13.5. The van der Waals surface area contributed by atoms with Crippen LogP contribution in [-0.4, -0.2) is 42.5 Å². The SMILES string of the molecule is CCNC(C)C1CCCN(C(C)C(N)=O)C1. The normalized spacial score (nSPS) is 26.3. The van der Waals surface area contributed by atoms with Crippen LogP contribution in [0, 0.1) is 5.92 Å². The molecule has 0 aromatic rings. The lowest BCUT2D eigenvalue weighted by Crippen LogP contribution is -2.51. The van der Waals surface area contributed by atoms with Crippen molar-refractivity contribution in [3.63, 3.8) is 0 Å². The minimum absolute atomic E-state index is 0.128. The number of nitrogens with two attached hydrogens (primary N) is 1. The zero-order valence-corrected chi connectivity index (χ0v) is 10.7. The van der Waals surface area contributed by atoms with Crippen LogP contribution >= 0.6 is 0 Å². The molecule has 0 aromatic heterocycles. The summed E-state index contributed by atoms with van der Waals surface area (Å²) in [5, 5.41) is 3.46. The van der Waals surface area contributed by atoms with Gasteiger partial charge in [-0.15, -0.1) is 0 Å². The van der Waals surface area contributed by atoms with E-state index in [1.54, 1.807) is 0 Å². The van der Waals surface area contributed by atoms with Gasteiger partial charge in [0.15, 0.2) is 0 Å². The van der Waals surface area contributed by atoms with Crippen LogP contribution in [0.4, 0.5) is 0 Å². The fraction of sp³-hybridized carbons (Fsp3) is 0.917. The van der Waals surface area contributed by atoms with Gasteiger partial charge in [-0.1, -0.05) is 6.92 Å². The molecule has 0 bridgehead atoms. The number of rotatable bonds is 5. The highest BCUT2D eigenvalue weighted by Crippen LogP contribution is 2.21. The van der Waals surface area contributed by atoms with E-state index in [1.807, 2.05) is 6.92 Å². The lowest BCUT2D eigenvalue weighted by Gasteiger charge is -2.38. The van der Waals surface area contributed by atoms with Crippen molar-refractivity contribution < 1.29 is 4.79 Å². The maximum atomic E-state index is 11.2. The summed E-state index contributed by atoms with van der Waals surface area (Å²) in [7, 11) is 0. The van der Waals surface area contributed by atoms with Crippen LogP contribution < -0.4 is 11.1 Å². The lowest BCUT2D eigenvalue weighted by atomic mass is 9.90. The Morgan fingerprint density at radius 2 is 2.25 bits per heavy atom. The number of amides is 1. The molecule has 1 saturated heterocycles. The summed E-state index contributed by atoms with van der Waals surface area (Å²) in [6.45, 7) is 9.25. The molecule has 0 aromatic carbocycles. The molecule has 1 fully saturated rings. The van der Waals surface area contributed by atoms with E-state index in [4.69, 9.17) is 5.73 Å². The van der Waals surface area contributed by atoms with Crippen LogP contribution in [0.15, 0.2) is 0 Å². The molecule has 1 aliphatic rings. The highest BCUT2D eigenvalue weighted by Gasteiger charge is 2.28. The van der Waals surface area contributed by atoms with Crippen LogP contribution in [0.1, 0.15) is 33.6 Å². The minimum atomic E-state index is -0.211. The van der Waals surface area contributed by atoms with Gasteiger partial charge in [0.25, 0.3) is 0 Å². The van der Waals surface area contributed by atoms with Crippen molar-refractivity contribution in [3.05, 3.63) is 0 Å². The third-order valence-electron chi connectivity index (χ3n) is 3.68. The van der Waals surface area contributed by atoms with Gasteiger partial charge in [-0.05, 0) is 45.7 Å². The number of carbonyl (C=O) groups is 1. The summed E-state index contributed by atoms with van der Waals surface area (Å²) < 4.78 is 0. The van der Waals surface area contributed by atoms with E-state index in [9.17, 15) is 4.79 Å². The molecule has 1 aliphatic heterocycles. The smallest absolute Gasteiger partial charge is 0.234 e. The number of hydrogen-bond acceptors (Lipinski definition) is 3. The maximum absolute atomic E-state index is 11.2. The standard InChI is InChI=1S/C12H25N3O/c1-4-14-9(2)11-6-5-7-15(8-11)10(3)12(13)16/h9-11,14H,4-8H2,1-3H3,(H2,13,16). The average molecular weight is 227 g/mol. The summed E-state index contributed by atoms with van der Waals surface area (Å²) in [5.74, 6) is 0.423. The number of nitrogens with one attached hydrogen (secondary N) is 1. The molecule has 0 spiro atoms. The fourth-order valence-electron chi connectivity index (χ4n) is 2.47. The van der Waals surface area contributed by atoms with E-state index in [0.29, 0.717) is 12.0 Å². The molecule has 0 radical (unpaired) electrons. The van der Waals surface area contributed by atoms with Crippen LogP contribution in [0.5, 0.6) is 0 Å². The molecule has 4 heteroatoms. The van der Waals surface area contributed by atoms with Crippen LogP contribution in [0.2, 0.25) is 0 Å². The minimum Gasteiger partial charge on any atom is -0.368 e. The quantitative estimate of drug-likeness (QED) is 0.722. The Hall–Kier alpha value is -0.610. The number of carbonyl (C=O) groups excluding carboxylic acids is 1. The Balaban J connectivity index is 2.49. The maximum Gasteiger partial charge on any atom is 0.234 e. The van der Waals surface area contributed by atoms with Crippen molar-refractivity contribution in [1.29, 1.82) is 0 Å². The third-order valence-corrected chi connectivity index (χ3v) is 3.68. The van der Waals surface area contributed by atoms with Gasteiger partial charge in [-0.2, -0.15) is 0 Å². The average Bonchev–Trinajstić information content (AvgIpc) is 2.28. The predicted octanol–water partition coefficient (Wildman–Crippen LogP) is 0.570. The van der Waals surface area contributed by atoms with Crippen molar-refractivity contribution >= 4 is 5.91 Å². The molecular formula is C12H25N3O. The number of nitrogens with zero attached hydrogens (tertiary/aromatic N) is 1. The Morgan fingerprint density at radius 1 is 1.56 bits per heavy atom. The molecule has 3 N–H and O–H groups in total. The molecule has 3 atom stereocenters. The molecular weight excluding hydrogens is 202 g/mol. The second-order valence-corrected chi connectivity index (χ2v) is 4.82. The van der Waals surface area contributed by atoms with Crippen molar-refractivity contribution in [2.24, 2.45) is 11.7 Å². The van der Waals surface area contributed by atoms with Crippen molar-refractivity contribution in [1.82, 2.24) is 10.2 Å². The van der Waals surface area contributed by atoms with Crippen molar-refractivity contribution in [3.8, 4) is 0 Å². The first-order valence-corrected chi connectivity index (χ1v) is 6.33. The van der Waals surface area contributed by atoms with Crippen LogP contribution in [-0.2, 0) is 4.79 Å². The van der Waals surface area contributed by atoms with Gasteiger partial charge in [0.2, 0.25) is 5.91 Å². The molecule has 3 unspecified atom stereocenters. The molecule has 4 nitrogen and oxygen atoms in total. The van der Waals surface area contributed by atoms with Gasteiger partial charge >= 0.3 is 0 Å². The number of likely N-dealkylation sites (tertiary alicyclic amines) is 1. The molecule has 94 valence electrons. The van der Waals surface area contributed by atoms with Gasteiger partial charge in [0, 0.05) is 12.6 Å². The van der Waals surface area contributed by atoms with Gasteiger partial charge in [0.1, 0.15) is 0 Å². The highest BCUT2D eigenvalue weighted by atomic mass is 16.1. The second-order valence-electron chi connectivity index (χ2n) is 4.82. The van der Waals surface area contributed by atoms with E-state index < -0.39 is 0 Å². The summed E-state index contributed by atoms with van der Waals surface area (Å²) in [5.41, 5.74) is 5.35. The number of piperidine rings is 1. The third kappa shape index (κ3) is 3.46. The fourth-order valence-corrected chi connectivity index (χ4v) is 2.47. The zero-order valence-electron chi connectivity index (χ0n) is 10.7. The van der Waals surface area contributed by atoms with E-state index >= 15 is 0 Å². The Labute approximate surface area is 98.6 Å². The van der Waals surface area contributed by atoms with E-state index in [-0.39, 0.29) is 11.9 Å². The number of hydrogen-bond donors (Lipinski definition) is 2. The molecule has 0 saturated carbocycles. The first-order valence-electron chi connectivity index (χ1n) is 6.33. The topological polar surface area (TPSA) is 58.4 Å². The van der Waals surface area contributed by atoms with Gasteiger partial charge in [-0.3, -0.25) is 9.69 Å². The van der Waals surface area contributed by atoms with E-state index in [1.165, 1.54) is 6.42 Å². The summed E-state index contributed by atoms with van der Waals surface area (Å²) >= 11 is 0. The Kier molecular flexibility index (Phi) is 5.22. The van der Waals surface area contributed by atoms with Crippen molar-refractivity contribution in [2.75, 3.05) is 19.6 Å². The number of primary amides is 1. The first-order chi connectivity index (χ1) is 7.56. The van der Waals surface area contributed by atoms with Crippen molar-refractivity contribution in [2.45, 2.75) is 45.7 Å². The Bertz CT molecular complexity index is 232. The van der Waals surface area contributed by atoms with Gasteiger partial charge in [-0.25, -0.2) is 0 Å². The van der Waals surface area contributed by atoms with Crippen LogP contribution in [0.3, 0.4) is 0 Å². The Morgan fingerprint density at radius 3 is 2.81 bits per heavy atom. The second kappa shape index (κ2) is 6.21. The largest absolute Gasteiger partial charge is 0.368 e. The summed E-state index contributed by atoms with van der Waals surface area (Å²) in [6.07, 6.45) is 2.41. The zero-order chi connectivity index (χ0) is 12.1. The highest BCUT2D eigenvalue weighted by molar-refractivity contribution is 5.79. The molecule has 1 rings (SSSR count).